The van der Waals surface area contributed by atoms with Gasteiger partial charge < -0.3 is 9.67 Å². The molecular formula is C19H26N4O. The van der Waals surface area contributed by atoms with E-state index in [2.05, 4.69) is 43.9 Å². The lowest BCUT2D eigenvalue weighted by Gasteiger charge is -2.42. The molecule has 2 aliphatic heterocycles. The number of benzene rings is 1. The molecule has 24 heavy (non-hydrogen) atoms. The fourth-order valence-corrected chi connectivity index (χ4v) is 4.30. The van der Waals surface area contributed by atoms with Crippen molar-refractivity contribution in [3.8, 4) is 0 Å². The van der Waals surface area contributed by atoms with Crippen molar-refractivity contribution in [1.82, 2.24) is 19.7 Å². The van der Waals surface area contributed by atoms with E-state index < -0.39 is 0 Å². The monoisotopic (exact) mass is 326 g/mol. The van der Waals surface area contributed by atoms with Crippen LogP contribution in [-0.4, -0.2) is 44.5 Å². The van der Waals surface area contributed by atoms with Crippen LogP contribution in [-0.2, 0) is 24.9 Å². The number of nitrogens with zero attached hydrogens (tertiary/aromatic N) is 4. The Kier molecular flexibility index (Phi) is 4.37. The summed E-state index contributed by atoms with van der Waals surface area (Å²) in [5, 5.41) is 19.0. The second kappa shape index (κ2) is 6.65. The first-order valence-corrected chi connectivity index (χ1v) is 9.10. The molecule has 2 aromatic rings. The minimum atomic E-state index is -0.149. The highest BCUT2D eigenvalue weighted by molar-refractivity contribution is 5.27. The van der Waals surface area contributed by atoms with Crippen molar-refractivity contribution < 1.29 is 5.11 Å². The Balaban J connectivity index is 1.53. The molecule has 3 heterocycles. The van der Waals surface area contributed by atoms with E-state index in [0.717, 1.165) is 57.1 Å². The number of fused-ring (bicyclic) bond motifs is 1. The van der Waals surface area contributed by atoms with E-state index >= 15 is 0 Å². The van der Waals surface area contributed by atoms with Gasteiger partial charge in [0.1, 0.15) is 11.6 Å². The molecule has 1 saturated heterocycles. The summed E-state index contributed by atoms with van der Waals surface area (Å²) in [6.07, 6.45) is 5.65. The zero-order valence-corrected chi connectivity index (χ0v) is 14.2. The molecule has 1 N–H and O–H groups in total. The zero-order valence-electron chi connectivity index (χ0n) is 14.2. The summed E-state index contributed by atoms with van der Waals surface area (Å²) in [5.74, 6) is 2.23. The molecule has 0 radical (unpaired) electrons. The molecular weight excluding hydrogens is 300 g/mol. The fraction of sp³-hybridized carbons (Fsp3) is 0.579. The minimum Gasteiger partial charge on any atom is -0.395 e. The minimum absolute atomic E-state index is 0.149. The molecule has 1 fully saturated rings. The van der Waals surface area contributed by atoms with E-state index in [-0.39, 0.29) is 12.0 Å². The predicted octanol–water partition coefficient (Wildman–Crippen LogP) is 2.14. The van der Waals surface area contributed by atoms with E-state index in [4.69, 9.17) is 0 Å². The van der Waals surface area contributed by atoms with Gasteiger partial charge in [-0.25, -0.2) is 0 Å². The van der Waals surface area contributed by atoms with E-state index in [1.165, 1.54) is 18.4 Å². The Morgan fingerprint density at radius 3 is 2.75 bits per heavy atom. The lowest BCUT2D eigenvalue weighted by atomic mass is 9.75. The van der Waals surface area contributed by atoms with Gasteiger partial charge >= 0.3 is 0 Å². The van der Waals surface area contributed by atoms with Crippen LogP contribution in [0.3, 0.4) is 0 Å². The van der Waals surface area contributed by atoms with Gasteiger partial charge in [-0.05, 0) is 37.8 Å². The van der Waals surface area contributed by atoms with Crippen LogP contribution in [0.15, 0.2) is 30.3 Å². The lowest BCUT2D eigenvalue weighted by Crippen LogP contribution is -2.48. The molecule has 4 rings (SSSR count). The van der Waals surface area contributed by atoms with Crippen molar-refractivity contribution in [3.05, 3.63) is 47.5 Å². The Morgan fingerprint density at radius 2 is 1.92 bits per heavy atom. The summed E-state index contributed by atoms with van der Waals surface area (Å²) in [5.41, 5.74) is 1.10. The average Bonchev–Trinajstić information content (AvgIpc) is 3.06. The van der Waals surface area contributed by atoms with Crippen molar-refractivity contribution in [2.75, 3.05) is 19.7 Å². The van der Waals surface area contributed by atoms with Gasteiger partial charge in [-0.2, -0.15) is 0 Å². The molecule has 1 aromatic carbocycles. The molecule has 1 aromatic heterocycles. The van der Waals surface area contributed by atoms with Crippen molar-refractivity contribution in [2.45, 2.75) is 50.6 Å². The normalized spacial score (nSPS) is 24.7. The van der Waals surface area contributed by atoms with Crippen molar-refractivity contribution in [3.63, 3.8) is 0 Å². The largest absolute Gasteiger partial charge is 0.395 e. The van der Waals surface area contributed by atoms with Gasteiger partial charge in [-0.15, -0.1) is 10.2 Å². The van der Waals surface area contributed by atoms with Crippen molar-refractivity contribution in [2.24, 2.45) is 0 Å². The van der Waals surface area contributed by atoms with E-state index in [9.17, 15) is 5.11 Å². The van der Waals surface area contributed by atoms with Crippen LogP contribution in [0.2, 0.25) is 0 Å². The highest BCUT2D eigenvalue weighted by atomic mass is 16.3. The smallest absolute Gasteiger partial charge is 0.147 e. The molecule has 0 aliphatic carbocycles. The standard InChI is InChI=1S/C19H26N4O/c24-15-19(16-7-2-1-3-8-16)10-6-11-22(14-19)13-18-21-20-17-9-4-5-12-23(17)18/h1-3,7-8,24H,4-6,9-15H2. The third kappa shape index (κ3) is 2.87. The number of aryl methyl sites for hydroxylation is 1. The molecule has 1 atom stereocenters. The maximum atomic E-state index is 10.2. The van der Waals surface area contributed by atoms with Crippen LogP contribution in [0, 0.1) is 0 Å². The lowest BCUT2D eigenvalue weighted by molar-refractivity contribution is 0.0826. The summed E-state index contributed by atoms with van der Waals surface area (Å²) < 4.78 is 2.31. The summed E-state index contributed by atoms with van der Waals surface area (Å²) in [4.78, 5) is 2.44. The topological polar surface area (TPSA) is 54.2 Å². The number of likely N-dealkylation sites (tertiary alicyclic amines) is 1. The van der Waals surface area contributed by atoms with E-state index in [1.807, 2.05) is 6.07 Å². The second-order valence-electron chi connectivity index (χ2n) is 7.26. The Hall–Kier alpha value is -1.72. The summed E-state index contributed by atoms with van der Waals surface area (Å²) in [6, 6.07) is 10.5. The summed E-state index contributed by atoms with van der Waals surface area (Å²) in [6.45, 7) is 4.04. The molecule has 128 valence electrons. The molecule has 0 saturated carbocycles. The van der Waals surface area contributed by atoms with Crippen LogP contribution < -0.4 is 0 Å². The van der Waals surface area contributed by atoms with Gasteiger partial charge in [0, 0.05) is 24.9 Å². The fourth-order valence-electron chi connectivity index (χ4n) is 4.30. The first kappa shape index (κ1) is 15.8. The predicted molar refractivity (Wildman–Crippen MR) is 92.7 cm³/mol. The average molecular weight is 326 g/mol. The number of hydrogen-bond acceptors (Lipinski definition) is 4. The van der Waals surface area contributed by atoms with Gasteiger partial charge in [0.25, 0.3) is 0 Å². The number of hydrogen-bond donors (Lipinski definition) is 1. The Bertz CT molecular complexity index is 684. The van der Waals surface area contributed by atoms with Gasteiger partial charge in [-0.1, -0.05) is 30.3 Å². The van der Waals surface area contributed by atoms with E-state index in [1.54, 1.807) is 0 Å². The zero-order chi connectivity index (χ0) is 16.4. The Morgan fingerprint density at radius 1 is 1.04 bits per heavy atom. The number of aliphatic hydroxyl groups excluding tert-OH is 1. The van der Waals surface area contributed by atoms with Gasteiger partial charge in [0.05, 0.1) is 13.2 Å². The highest BCUT2D eigenvalue weighted by Crippen LogP contribution is 2.34. The summed E-state index contributed by atoms with van der Waals surface area (Å²) in [7, 11) is 0. The maximum absolute atomic E-state index is 10.2. The number of aromatic nitrogens is 3. The number of piperidine rings is 1. The number of aliphatic hydroxyl groups is 1. The Labute approximate surface area is 143 Å². The SMILES string of the molecule is OCC1(c2ccccc2)CCCN(Cc2nnc3n2CCCC3)C1. The molecule has 1 unspecified atom stereocenters. The quantitative estimate of drug-likeness (QED) is 0.935. The first-order valence-electron chi connectivity index (χ1n) is 9.10. The summed E-state index contributed by atoms with van der Waals surface area (Å²) >= 11 is 0. The second-order valence-corrected chi connectivity index (χ2v) is 7.26. The molecule has 0 bridgehead atoms. The number of rotatable bonds is 4. The van der Waals surface area contributed by atoms with Gasteiger partial charge in [-0.3, -0.25) is 4.90 Å². The van der Waals surface area contributed by atoms with Crippen molar-refractivity contribution >= 4 is 0 Å². The van der Waals surface area contributed by atoms with Crippen LogP contribution in [0.25, 0.3) is 0 Å². The van der Waals surface area contributed by atoms with Crippen LogP contribution in [0.4, 0.5) is 0 Å². The van der Waals surface area contributed by atoms with Crippen LogP contribution >= 0.6 is 0 Å². The third-order valence-electron chi connectivity index (χ3n) is 5.65. The van der Waals surface area contributed by atoms with Crippen LogP contribution in [0.5, 0.6) is 0 Å². The molecule has 5 nitrogen and oxygen atoms in total. The van der Waals surface area contributed by atoms with Gasteiger partial charge in [0.15, 0.2) is 0 Å². The highest BCUT2D eigenvalue weighted by Gasteiger charge is 2.37. The molecule has 0 amide bonds. The third-order valence-corrected chi connectivity index (χ3v) is 5.65. The first-order chi connectivity index (χ1) is 11.8. The van der Waals surface area contributed by atoms with E-state index in [0.29, 0.717) is 0 Å². The van der Waals surface area contributed by atoms with Crippen LogP contribution in [0.1, 0.15) is 42.9 Å². The maximum Gasteiger partial charge on any atom is 0.147 e. The van der Waals surface area contributed by atoms with Gasteiger partial charge in [0.2, 0.25) is 0 Å². The molecule has 5 heteroatoms. The van der Waals surface area contributed by atoms with Crippen molar-refractivity contribution in [1.29, 1.82) is 0 Å². The molecule has 2 aliphatic rings. The molecule has 0 spiro atoms.